The molecule has 0 aliphatic heterocycles. The van der Waals surface area contributed by atoms with Gasteiger partial charge in [-0.1, -0.05) is 0 Å². The van der Waals surface area contributed by atoms with Crippen LogP contribution in [0.1, 0.15) is 47.9 Å². The predicted octanol–water partition coefficient (Wildman–Crippen LogP) is 2.39. The van der Waals surface area contributed by atoms with Crippen molar-refractivity contribution >= 4 is 5.95 Å². The number of anilines is 1. The summed E-state index contributed by atoms with van der Waals surface area (Å²) in [6.45, 7) is 1.91. The van der Waals surface area contributed by atoms with Gasteiger partial charge in [-0.3, -0.25) is 0 Å². The van der Waals surface area contributed by atoms with E-state index in [0.717, 1.165) is 48.7 Å². The third-order valence-electron chi connectivity index (χ3n) is 4.50. The van der Waals surface area contributed by atoms with Crippen LogP contribution in [0.15, 0.2) is 24.9 Å². The number of nitrogens with one attached hydrogen (secondary N) is 1. The molecule has 1 N–H and O–H groups in total. The molecule has 0 aromatic carbocycles. The van der Waals surface area contributed by atoms with Crippen LogP contribution < -0.4 is 5.32 Å². The first kappa shape index (κ1) is 16.6. The summed E-state index contributed by atoms with van der Waals surface area (Å²) in [5, 5.41) is 3.24. The Kier molecular flexibility index (Phi) is 4.32. The summed E-state index contributed by atoms with van der Waals surface area (Å²) in [5.74, 6) is 0.603. The van der Waals surface area contributed by atoms with Gasteiger partial charge in [-0.05, 0) is 31.7 Å². The van der Waals surface area contributed by atoms with Gasteiger partial charge >= 0.3 is 0 Å². The van der Waals surface area contributed by atoms with Crippen LogP contribution in [0.2, 0.25) is 0 Å². The maximum Gasteiger partial charge on any atom is 0.223 e. The average molecular weight is 353 g/mol. The molecule has 0 bridgehead atoms. The molecule has 8 heteroatoms. The number of hydrogen-bond acceptors (Lipinski definition) is 6. The van der Waals surface area contributed by atoms with E-state index in [1.54, 1.807) is 6.33 Å². The molecule has 1 aliphatic carbocycles. The van der Waals surface area contributed by atoms with Crippen LogP contribution >= 0.6 is 0 Å². The van der Waals surface area contributed by atoms with Crippen molar-refractivity contribution in [2.45, 2.75) is 38.6 Å². The highest BCUT2D eigenvalue weighted by molar-refractivity contribution is 5.39. The van der Waals surface area contributed by atoms with E-state index in [0.29, 0.717) is 18.2 Å². The lowest BCUT2D eigenvalue weighted by atomic mass is 10.1. The number of aryl methyl sites for hydroxylation is 2. The highest BCUT2D eigenvalue weighted by Crippen LogP contribution is 2.26. The Balaban J connectivity index is 1.60. The van der Waals surface area contributed by atoms with Crippen molar-refractivity contribution in [3.8, 4) is 0 Å². The Bertz CT molecular complexity index is 920. The Morgan fingerprint density at radius 3 is 2.73 bits per heavy atom. The Morgan fingerprint density at radius 2 is 2.00 bits per heavy atom. The summed E-state index contributed by atoms with van der Waals surface area (Å²) in [7, 11) is 1.96. The zero-order valence-corrected chi connectivity index (χ0v) is 14.8. The predicted molar refractivity (Wildman–Crippen MR) is 94.1 cm³/mol. The molecule has 0 spiro atoms. The summed E-state index contributed by atoms with van der Waals surface area (Å²) in [6, 6.07) is -0.224. The molecule has 3 aromatic heterocycles. The number of halogens is 1. The fourth-order valence-electron chi connectivity index (χ4n) is 3.25. The van der Waals surface area contributed by atoms with E-state index < -0.39 is 5.82 Å². The lowest BCUT2D eigenvalue weighted by Crippen LogP contribution is -2.15. The second-order valence-electron chi connectivity index (χ2n) is 6.61. The molecule has 26 heavy (non-hydrogen) atoms. The van der Waals surface area contributed by atoms with Gasteiger partial charge in [-0.15, -0.1) is 0 Å². The zero-order valence-electron chi connectivity index (χ0n) is 14.8. The number of imidazole rings is 1. The van der Waals surface area contributed by atoms with Crippen molar-refractivity contribution in [2.75, 3.05) is 5.32 Å². The molecule has 1 atom stereocenters. The van der Waals surface area contributed by atoms with Crippen molar-refractivity contribution in [1.29, 1.82) is 0 Å². The van der Waals surface area contributed by atoms with E-state index in [1.807, 2.05) is 24.7 Å². The molecule has 0 saturated carbocycles. The topological polar surface area (TPSA) is 81.4 Å². The minimum Gasteiger partial charge on any atom is -0.344 e. The van der Waals surface area contributed by atoms with E-state index in [4.69, 9.17) is 4.98 Å². The number of rotatable bonds is 5. The summed E-state index contributed by atoms with van der Waals surface area (Å²) >= 11 is 0. The van der Waals surface area contributed by atoms with E-state index in [-0.39, 0.29) is 6.04 Å². The summed E-state index contributed by atoms with van der Waals surface area (Å²) in [5.41, 5.74) is 4.34. The van der Waals surface area contributed by atoms with Gasteiger partial charge in [-0.2, -0.15) is 0 Å². The fourth-order valence-corrected chi connectivity index (χ4v) is 3.25. The van der Waals surface area contributed by atoms with Crippen LogP contribution in [0.3, 0.4) is 0 Å². The van der Waals surface area contributed by atoms with Gasteiger partial charge in [0.2, 0.25) is 5.95 Å². The third kappa shape index (κ3) is 3.40. The lowest BCUT2D eigenvalue weighted by Gasteiger charge is -2.15. The molecule has 0 radical (unpaired) electrons. The standard InChI is InChI=1S/C18H20FN7/c1-11(17-20-7-12(19)8-21-17)23-18-24-15-5-3-4-14(15)16(25-18)6-13-9-26(2)10-22-13/h7-11H,3-6H2,1-2H3,(H,23,24,25)/t11-/m0/s1. The third-order valence-corrected chi connectivity index (χ3v) is 4.50. The largest absolute Gasteiger partial charge is 0.344 e. The van der Waals surface area contributed by atoms with Crippen molar-refractivity contribution in [3.63, 3.8) is 0 Å². The first-order valence-electron chi connectivity index (χ1n) is 8.68. The molecule has 1 aliphatic rings. The van der Waals surface area contributed by atoms with E-state index in [1.165, 1.54) is 5.56 Å². The Labute approximate surface area is 150 Å². The van der Waals surface area contributed by atoms with Crippen molar-refractivity contribution in [1.82, 2.24) is 29.5 Å². The zero-order chi connectivity index (χ0) is 18.1. The smallest absolute Gasteiger partial charge is 0.223 e. The first-order valence-corrected chi connectivity index (χ1v) is 8.68. The quantitative estimate of drug-likeness (QED) is 0.758. The minimum absolute atomic E-state index is 0.224. The molecule has 3 heterocycles. The summed E-state index contributed by atoms with van der Waals surface area (Å²) in [6.07, 6.45) is 9.88. The van der Waals surface area contributed by atoms with Crippen LogP contribution in [0.5, 0.6) is 0 Å². The second kappa shape index (κ2) is 6.78. The summed E-state index contributed by atoms with van der Waals surface area (Å²) < 4.78 is 14.9. The van der Waals surface area contributed by atoms with E-state index in [2.05, 4.69) is 25.3 Å². The number of hydrogen-bond donors (Lipinski definition) is 1. The monoisotopic (exact) mass is 353 g/mol. The minimum atomic E-state index is -0.452. The van der Waals surface area contributed by atoms with Crippen LogP contribution in [0.4, 0.5) is 10.3 Å². The number of fused-ring (bicyclic) bond motifs is 1. The van der Waals surface area contributed by atoms with Gasteiger partial charge in [0.25, 0.3) is 0 Å². The van der Waals surface area contributed by atoms with Crippen LogP contribution in [0.25, 0.3) is 0 Å². The van der Waals surface area contributed by atoms with E-state index in [9.17, 15) is 4.39 Å². The highest BCUT2D eigenvalue weighted by atomic mass is 19.1. The molecule has 0 fully saturated rings. The van der Waals surface area contributed by atoms with E-state index >= 15 is 0 Å². The van der Waals surface area contributed by atoms with Gasteiger partial charge in [0.05, 0.1) is 36.2 Å². The molecule has 0 saturated heterocycles. The fraction of sp³-hybridized carbons (Fsp3) is 0.389. The highest BCUT2D eigenvalue weighted by Gasteiger charge is 2.21. The lowest BCUT2D eigenvalue weighted by molar-refractivity contribution is 0.604. The van der Waals surface area contributed by atoms with Crippen molar-refractivity contribution in [3.05, 3.63) is 59.2 Å². The second-order valence-corrected chi connectivity index (χ2v) is 6.61. The first-order chi connectivity index (χ1) is 12.6. The average Bonchev–Trinajstić information content (AvgIpc) is 3.24. The maximum absolute atomic E-state index is 13.0. The van der Waals surface area contributed by atoms with Crippen molar-refractivity contribution < 1.29 is 4.39 Å². The molecule has 4 rings (SSSR count). The van der Waals surface area contributed by atoms with Gasteiger partial charge in [-0.25, -0.2) is 29.3 Å². The molecule has 0 amide bonds. The van der Waals surface area contributed by atoms with Crippen molar-refractivity contribution in [2.24, 2.45) is 7.05 Å². The normalized spacial score (nSPS) is 14.3. The molecule has 134 valence electrons. The Hall–Kier alpha value is -2.90. The van der Waals surface area contributed by atoms with Gasteiger partial charge < -0.3 is 9.88 Å². The van der Waals surface area contributed by atoms with Crippen LogP contribution in [-0.4, -0.2) is 29.5 Å². The number of aromatic nitrogens is 6. The molecular weight excluding hydrogens is 333 g/mol. The van der Waals surface area contributed by atoms with Gasteiger partial charge in [0.15, 0.2) is 5.82 Å². The Morgan fingerprint density at radius 1 is 1.19 bits per heavy atom. The molecule has 7 nitrogen and oxygen atoms in total. The molecule has 0 unspecified atom stereocenters. The number of nitrogens with zero attached hydrogens (tertiary/aromatic N) is 6. The van der Waals surface area contributed by atoms with Gasteiger partial charge in [0, 0.05) is 25.4 Å². The van der Waals surface area contributed by atoms with Crippen LogP contribution in [-0.2, 0) is 26.3 Å². The van der Waals surface area contributed by atoms with Gasteiger partial charge in [0.1, 0.15) is 5.82 Å². The SMILES string of the molecule is C[C@H](Nc1nc2c(c(Cc3cn(C)cn3)n1)CCC2)c1ncc(F)cn1. The maximum atomic E-state index is 13.0. The van der Waals surface area contributed by atoms with Crippen LogP contribution in [0, 0.1) is 5.82 Å². The molecule has 3 aromatic rings. The summed E-state index contributed by atoms with van der Waals surface area (Å²) in [4.78, 5) is 21.9. The molecular formula is C18H20FN7.